The number of rotatable bonds is 5. The summed E-state index contributed by atoms with van der Waals surface area (Å²) in [6, 6.07) is 0. The molecule has 2 nitrogen and oxygen atoms in total. The Kier molecular flexibility index (Phi) is 4.92. The second-order valence-electron chi connectivity index (χ2n) is 3.69. The molecule has 0 aromatic carbocycles. The smallest absolute Gasteiger partial charge is 0.103 e. The van der Waals surface area contributed by atoms with Crippen LogP contribution in [-0.4, -0.2) is 17.8 Å². The van der Waals surface area contributed by atoms with E-state index in [1.807, 2.05) is 11.8 Å². The molecule has 0 radical (unpaired) electrons. The number of hydrogen-bond donors (Lipinski definition) is 1. The summed E-state index contributed by atoms with van der Waals surface area (Å²) in [4.78, 5) is 4.61. The van der Waals surface area contributed by atoms with Gasteiger partial charge in [-0.05, 0) is 12.2 Å². The van der Waals surface area contributed by atoms with Crippen molar-refractivity contribution in [1.82, 2.24) is 4.98 Å². The van der Waals surface area contributed by atoms with E-state index in [9.17, 15) is 0 Å². The fourth-order valence-electron chi connectivity index (χ4n) is 1.42. The molecule has 2 N–H and O–H groups in total. The fraction of sp³-hybridized carbons (Fsp3) is 0.700. The quantitative estimate of drug-likeness (QED) is 0.845. The van der Waals surface area contributed by atoms with Crippen LogP contribution in [0.3, 0.4) is 0 Å². The Morgan fingerprint density at radius 3 is 2.79 bits per heavy atom. The van der Waals surface area contributed by atoms with E-state index in [2.05, 4.69) is 30.5 Å². The average molecular weight is 230 g/mol. The summed E-state index contributed by atoms with van der Waals surface area (Å²) < 4.78 is 0. The average Bonchev–Trinajstić information content (AvgIpc) is 2.54. The van der Waals surface area contributed by atoms with E-state index in [1.165, 1.54) is 10.7 Å². The maximum Gasteiger partial charge on any atom is 0.103 e. The van der Waals surface area contributed by atoms with Gasteiger partial charge in [-0.3, -0.25) is 0 Å². The maximum absolute atomic E-state index is 5.75. The molecule has 80 valence electrons. The van der Waals surface area contributed by atoms with Crippen LogP contribution in [0.2, 0.25) is 0 Å². The molecule has 0 saturated carbocycles. The Morgan fingerprint density at radius 1 is 1.57 bits per heavy atom. The Bertz CT molecular complexity index is 271. The first-order valence-corrected chi connectivity index (χ1v) is 7.09. The van der Waals surface area contributed by atoms with Gasteiger partial charge in [0.25, 0.3) is 0 Å². The first-order chi connectivity index (χ1) is 6.69. The van der Waals surface area contributed by atoms with Crippen molar-refractivity contribution < 1.29 is 0 Å². The van der Waals surface area contributed by atoms with Crippen LogP contribution in [0.1, 0.15) is 30.5 Å². The maximum atomic E-state index is 5.75. The zero-order valence-electron chi connectivity index (χ0n) is 8.99. The Balaban J connectivity index is 2.73. The molecule has 0 spiro atoms. The van der Waals surface area contributed by atoms with E-state index in [0.717, 1.165) is 5.75 Å². The molecular weight excluding hydrogens is 212 g/mol. The minimum Gasteiger partial charge on any atom is -0.330 e. The van der Waals surface area contributed by atoms with E-state index < -0.39 is 0 Å². The SMILES string of the molecule is CSCc1nc(C(CN)C(C)C)cs1. The molecule has 1 rings (SSSR count). The van der Waals surface area contributed by atoms with Gasteiger partial charge in [0.1, 0.15) is 5.01 Å². The monoisotopic (exact) mass is 230 g/mol. The molecule has 4 heteroatoms. The van der Waals surface area contributed by atoms with Gasteiger partial charge in [-0.2, -0.15) is 11.8 Å². The van der Waals surface area contributed by atoms with Crippen molar-refractivity contribution in [2.45, 2.75) is 25.5 Å². The lowest BCUT2D eigenvalue weighted by Crippen LogP contribution is -2.18. The summed E-state index contributed by atoms with van der Waals surface area (Å²) in [5.74, 6) is 2.01. The molecule has 0 amide bonds. The van der Waals surface area contributed by atoms with Crippen LogP contribution in [0.4, 0.5) is 0 Å². The third kappa shape index (κ3) is 2.97. The molecule has 0 saturated heterocycles. The minimum atomic E-state index is 0.418. The molecule has 1 aromatic rings. The summed E-state index contributed by atoms with van der Waals surface area (Å²) >= 11 is 3.56. The number of thiazole rings is 1. The van der Waals surface area contributed by atoms with Crippen LogP contribution >= 0.6 is 23.1 Å². The third-order valence-electron chi connectivity index (χ3n) is 2.28. The van der Waals surface area contributed by atoms with Crippen molar-refractivity contribution >= 4 is 23.1 Å². The lowest BCUT2D eigenvalue weighted by atomic mass is 9.93. The molecule has 1 atom stereocenters. The molecule has 1 unspecified atom stereocenters. The van der Waals surface area contributed by atoms with Gasteiger partial charge in [-0.25, -0.2) is 4.98 Å². The number of thioether (sulfide) groups is 1. The molecule has 0 aliphatic carbocycles. The highest BCUT2D eigenvalue weighted by Crippen LogP contribution is 2.25. The molecule has 0 aliphatic rings. The zero-order chi connectivity index (χ0) is 10.6. The number of nitrogens with zero attached hydrogens (tertiary/aromatic N) is 1. The van der Waals surface area contributed by atoms with Crippen molar-refractivity contribution in [3.63, 3.8) is 0 Å². The van der Waals surface area contributed by atoms with Crippen LogP contribution in [0.25, 0.3) is 0 Å². The lowest BCUT2D eigenvalue weighted by Gasteiger charge is -2.15. The van der Waals surface area contributed by atoms with E-state index in [4.69, 9.17) is 5.73 Å². The fourth-order valence-corrected chi connectivity index (χ4v) is 3.00. The van der Waals surface area contributed by atoms with Crippen LogP contribution in [0, 0.1) is 5.92 Å². The summed E-state index contributed by atoms with van der Waals surface area (Å²) in [5.41, 5.74) is 6.93. The molecular formula is C10H18N2S2. The first-order valence-electron chi connectivity index (χ1n) is 4.82. The van der Waals surface area contributed by atoms with Crippen molar-refractivity contribution in [2.24, 2.45) is 11.7 Å². The Hall–Kier alpha value is -0.0600. The van der Waals surface area contributed by atoms with E-state index >= 15 is 0 Å². The summed E-state index contributed by atoms with van der Waals surface area (Å²) in [6.45, 7) is 5.09. The van der Waals surface area contributed by atoms with Crippen LogP contribution in [0.15, 0.2) is 5.38 Å². The van der Waals surface area contributed by atoms with Crippen molar-refractivity contribution in [3.8, 4) is 0 Å². The summed E-state index contributed by atoms with van der Waals surface area (Å²) in [5, 5.41) is 3.37. The van der Waals surface area contributed by atoms with Gasteiger partial charge in [-0.15, -0.1) is 11.3 Å². The zero-order valence-corrected chi connectivity index (χ0v) is 10.6. The van der Waals surface area contributed by atoms with Crippen molar-refractivity contribution in [3.05, 3.63) is 16.1 Å². The van der Waals surface area contributed by atoms with Crippen molar-refractivity contribution in [1.29, 1.82) is 0 Å². The highest BCUT2D eigenvalue weighted by molar-refractivity contribution is 7.97. The summed E-state index contributed by atoms with van der Waals surface area (Å²) in [6.07, 6.45) is 2.10. The Labute approximate surface area is 94.3 Å². The lowest BCUT2D eigenvalue weighted by molar-refractivity contribution is 0.497. The first kappa shape index (κ1) is 12.0. The van der Waals surface area contributed by atoms with Gasteiger partial charge in [0.15, 0.2) is 0 Å². The third-order valence-corrected chi connectivity index (χ3v) is 3.89. The highest BCUT2D eigenvalue weighted by atomic mass is 32.2. The van der Waals surface area contributed by atoms with Gasteiger partial charge < -0.3 is 5.73 Å². The van der Waals surface area contributed by atoms with Gasteiger partial charge in [0.2, 0.25) is 0 Å². The standard InChI is InChI=1S/C10H18N2S2/c1-7(2)8(4-11)9-5-14-10(12-9)6-13-3/h5,7-8H,4,6,11H2,1-3H3. The van der Waals surface area contributed by atoms with Crippen LogP contribution in [-0.2, 0) is 5.75 Å². The van der Waals surface area contributed by atoms with Crippen molar-refractivity contribution in [2.75, 3.05) is 12.8 Å². The molecule has 0 aliphatic heterocycles. The van der Waals surface area contributed by atoms with E-state index in [1.54, 1.807) is 11.3 Å². The molecule has 1 aromatic heterocycles. The molecule has 14 heavy (non-hydrogen) atoms. The van der Waals surface area contributed by atoms with Crippen LogP contribution in [0.5, 0.6) is 0 Å². The largest absolute Gasteiger partial charge is 0.330 e. The van der Waals surface area contributed by atoms with E-state index in [-0.39, 0.29) is 0 Å². The number of aromatic nitrogens is 1. The topological polar surface area (TPSA) is 38.9 Å². The number of hydrogen-bond acceptors (Lipinski definition) is 4. The minimum absolute atomic E-state index is 0.418. The summed E-state index contributed by atoms with van der Waals surface area (Å²) in [7, 11) is 0. The van der Waals surface area contributed by atoms with Gasteiger partial charge in [0.05, 0.1) is 5.69 Å². The normalized spacial score (nSPS) is 13.5. The van der Waals surface area contributed by atoms with Gasteiger partial charge >= 0.3 is 0 Å². The second-order valence-corrected chi connectivity index (χ2v) is 5.49. The predicted molar refractivity (Wildman–Crippen MR) is 66.0 cm³/mol. The number of nitrogens with two attached hydrogens (primary N) is 1. The molecule has 1 heterocycles. The Morgan fingerprint density at radius 2 is 2.29 bits per heavy atom. The molecule has 0 fully saturated rings. The highest BCUT2D eigenvalue weighted by Gasteiger charge is 2.16. The predicted octanol–water partition coefficient (Wildman–Crippen LogP) is 2.70. The van der Waals surface area contributed by atoms with Gasteiger partial charge in [-0.1, -0.05) is 13.8 Å². The molecule has 0 bridgehead atoms. The van der Waals surface area contributed by atoms with E-state index in [0.29, 0.717) is 18.4 Å². The second kappa shape index (κ2) is 5.73. The van der Waals surface area contributed by atoms with Crippen LogP contribution < -0.4 is 5.73 Å². The van der Waals surface area contributed by atoms with Gasteiger partial charge in [0, 0.05) is 23.6 Å².